The molecule has 3 rings (SSSR count). The molecule has 0 saturated heterocycles. The van der Waals surface area contributed by atoms with E-state index >= 15 is 0 Å². The maximum absolute atomic E-state index is 11.7. The highest BCUT2D eigenvalue weighted by molar-refractivity contribution is 6.34. The van der Waals surface area contributed by atoms with Gasteiger partial charge in [-0.1, -0.05) is 41.9 Å². The van der Waals surface area contributed by atoms with Crippen molar-refractivity contribution in [2.45, 2.75) is 0 Å². The molecule has 3 aromatic rings. The molecular weight excluding hydrogens is 328 g/mol. The maximum Gasteiger partial charge on any atom is 0.338 e. The van der Waals surface area contributed by atoms with Crippen molar-refractivity contribution < 1.29 is 14.7 Å². The predicted octanol–water partition coefficient (Wildman–Crippen LogP) is 3.54. The van der Waals surface area contributed by atoms with Crippen molar-refractivity contribution in [1.29, 1.82) is 0 Å². The number of carbonyl (C=O) groups excluding carboxylic acids is 1. The summed E-state index contributed by atoms with van der Waals surface area (Å²) in [5, 5.41) is 11.3. The van der Waals surface area contributed by atoms with Crippen LogP contribution in [-0.2, 0) is 0 Å². The van der Waals surface area contributed by atoms with Crippen LogP contribution in [0, 0.1) is 0 Å². The number of carbonyl (C=O) groups is 2. The first kappa shape index (κ1) is 15.8. The first-order valence-electron chi connectivity index (χ1n) is 7.04. The quantitative estimate of drug-likeness (QED) is 0.634. The van der Waals surface area contributed by atoms with E-state index < -0.39 is 11.9 Å². The maximum atomic E-state index is 11.7. The number of nitrogen functional groups attached to an aromatic ring is 1. The van der Waals surface area contributed by atoms with Crippen LogP contribution < -0.4 is 11.5 Å². The Morgan fingerprint density at radius 2 is 1.75 bits per heavy atom. The molecule has 0 aromatic heterocycles. The van der Waals surface area contributed by atoms with Gasteiger partial charge in [0.05, 0.1) is 16.1 Å². The summed E-state index contributed by atoms with van der Waals surface area (Å²) < 4.78 is 0. The zero-order valence-corrected chi connectivity index (χ0v) is 13.2. The summed E-state index contributed by atoms with van der Waals surface area (Å²) in [4.78, 5) is 23.1. The third-order valence-corrected chi connectivity index (χ3v) is 4.13. The van der Waals surface area contributed by atoms with Gasteiger partial charge >= 0.3 is 5.97 Å². The lowest BCUT2D eigenvalue weighted by Gasteiger charge is -2.14. The number of carboxylic acids is 1. The highest BCUT2D eigenvalue weighted by Crippen LogP contribution is 2.37. The molecule has 1 amide bonds. The van der Waals surface area contributed by atoms with Crippen LogP contribution in [0.15, 0.2) is 48.5 Å². The van der Waals surface area contributed by atoms with Crippen LogP contribution in [0.4, 0.5) is 5.69 Å². The van der Waals surface area contributed by atoms with E-state index in [-0.39, 0.29) is 21.8 Å². The molecule has 0 saturated carbocycles. The van der Waals surface area contributed by atoms with Crippen molar-refractivity contribution in [3.05, 3.63) is 64.7 Å². The lowest BCUT2D eigenvalue weighted by atomic mass is 9.91. The van der Waals surface area contributed by atoms with E-state index in [0.717, 1.165) is 10.8 Å². The van der Waals surface area contributed by atoms with Gasteiger partial charge in [-0.05, 0) is 34.5 Å². The SMILES string of the molecule is NC(=O)c1ccc(-c2c(C(=O)O)c(N)cc3ccccc23)cc1Cl. The summed E-state index contributed by atoms with van der Waals surface area (Å²) >= 11 is 6.12. The first-order valence-corrected chi connectivity index (χ1v) is 7.42. The number of rotatable bonds is 3. The van der Waals surface area contributed by atoms with Gasteiger partial charge in [-0.15, -0.1) is 0 Å². The van der Waals surface area contributed by atoms with Gasteiger partial charge in [0.15, 0.2) is 0 Å². The average molecular weight is 341 g/mol. The molecule has 24 heavy (non-hydrogen) atoms. The van der Waals surface area contributed by atoms with Crippen LogP contribution in [0.3, 0.4) is 0 Å². The molecule has 0 unspecified atom stereocenters. The molecule has 3 aromatic carbocycles. The smallest absolute Gasteiger partial charge is 0.338 e. The molecule has 0 radical (unpaired) electrons. The minimum atomic E-state index is -1.14. The zero-order chi connectivity index (χ0) is 17.4. The number of fused-ring (bicyclic) bond motifs is 1. The second-order valence-electron chi connectivity index (χ2n) is 5.30. The normalized spacial score (nSPS) is 10.7. The van der Waals surface area contributed by atoms with E-state index in [0.29, 0.717) is 11.1 Å². The van der Waals surface area contributed by atoms with Gasteiger partial charge in [0.2, 0.25) is 5.91 Å². The molecule has 0 fully saturated rings. The molecule has 0 spiro atoms. The Balaban J connectivity index is 2.40. The molecular formula is C18H13ClN2O3. The Hall–Kier alpha value is -3.05. The fourth-order valence-corrected chi connectivity index (χ4v) is 3.04. The average Bonchev–Trinajstić information content (AvgIpc) is 2.52. The summed E-state index contributed by atoms with van der Waals surface area (Å²) in [6, 6.07) is 13.6. The molecule has 0 aliphatic heterocycles. The first-order chi connectivity index (χ1) is 11.4. The van der Waals surface area contributed by atoms with Crippen LogP contribution in [0.1, 0.15) is 20.7 Å². The number of nitrogens with two attached hydrogens (primary N) is 2. The number of amides is 1. The number of halogens is 1. The number of hydrogen-bond acceptors (Lipinski definition) is 3. The number of carboxylic acid groups (broad SMARTS) is 1. The van der Waals surface area contributed by atoms with Gasteiger partial charge in [-0.25, -0.2) is 4.79 Å². The number of benzene rings is 3. The van der Waals surface area contributed by atoms with Crippen LogP contribution in [0.5, 0.6) is 0 Å². The third kappa shape index (κ3) is 2.55. The van der Waals surface area contributed by atoms with Gasteiger partial charge < -0.3 is 16.6 Å². The molecule has 120 valence electrons. The second kappa shape index (κ2) is 5.86. The van der Waals surface area contributed by atoms with Gasteiger partial charge in [0, 0.05) is 11.3 Å². The van der Waals surface area contributed by atoms with Crippen LogP contribution in [0.2, 0.25) is 5.02 Å². The summed E-state index contributed by atoms with van der Waals surface area (Å²) in [6.45, 7) is 0. The summed E-state index contributed by atoms with van der Waals surface area (Å²) in [5.41, 5.74) is 12.5. The number of primary amides is 1. The third-order valence-electron chi connectivity index (χ3n) is 3.82. The van der Waals surface area contributed by atoms with Crippen LogP contribution in [0.25, 0.3) is 21.9 Å². The Morgan fingerprint density at radius 3 is 2.38 bits per heavy atom. The summed E-state index contributed by atoms with van der Waals surface area (Å²) in [5.74, 6) is -1.79. The fraction of sp³-hybridized carbons (Fsp3) is 0. The fourth-order valence-electron chi connectivity index (χ4n) is 2.77. The second-order valence-corrected chi connectivity index (χ2v) is 5.71. The van der Waals surface area contributed by atoms with E-state index in [2.05, 4.69) is 0 Å². The standard InChI is InChI=1S/C18H13ClN2O3/c19-13-7-10(5-6-12(13)17(21)22)15-11-4-2-1-3-9(11)8-14(20)16(15)18(23)24/h1-8H,20H2,(H2,21,22)(H,23,24). The summed E-state index contributed by atoms with van der Waals surface area (Å²) in [6.07, 6.45) is 0. The van der Waals surface area contributed by atoms with E-state index in [4.69, 9.17) is 23.1 Å². The predicted molar refractivity (Wildman–Crippen MR) is 94.3 cm³/mol. The molecule has 5 nitrogen and oxygen atoms in total. The van der Waals surface area contributed by atoms with Gasteiger partial charge in [0.25, 0.3) is 0 Å². The lowest BCUT2D eigenvalue weighted by Crippen LogP contribution is -2.11. The minimum Gasteiger partial charge on any atom is -0.478 e. The van der Waals surface area contributed by atoms with Crippen molar-refractivity contribution >= 4 is 39.9 Å². The topological polar surface area (TPSA) is 106 Å². The Bertz CT molecular complexity index is 999. The largest absolute Gasteiger partial charge is 0.478 e. The Morgan fingerprint density at radius 1 is 1.04 bits per heavy atom. The Kier molecular flexibility index (Phi) is 3.87. The van der Waals surface area contributed by atoms with Crippen molar-refractivity contribution in [2.24, 2.45) is 5.73 Å². The molecule has 6 heteroatoms. The van der Waals surface area contributed by atoms with Crippen molar-refractivity contribution in [1.82, 2.24) is 0 Å². The molecule has 0 aliphatic carbocycles. The number of hydrogen-bond donors (Lipinski definition) is 3. The molecule has 0 heterocycles. The highest BCUT2D eigenvalue weighted by atomic mass is 35.5. The molecule has 0 atom stereocenters. The minimum absolute atomic E-state index is 0.00316. The highest BCUT2D eigenvalue weighted by Gasteiger charge is 2.20. The Labute approximate surface area is 142 Å². The van der Waals surface area contributed by atoms with Gasteiger partial charge in [-0.2, -0.15) is 0 Å². The van der Waals surface area contributed by atoms with E-state index in [9.17, 15) is 14.7 Å². The zero-order valence-electron chi connectivity index (χ0n) is 12.4. The van der Waals surface area contributed by atoms with Crippen LogP contribution in [-0.4, -0.2) is 17.0 Å². The summed E-state index contributed by atoms with van der Waals surface area (Å²) in [7, 11) is 0. The van der Waals surface area contributed by atoms with Crippen LogP contribution >= 0.6 is 11.6 Å². The van der Waals surface area contributed by atoms with E-state index in [1.54, 1.807) is 12.1 Å². The lowest BCUT2D eigenvalue weighted by molar-refractivity contribution is 0.0698. The van der Waals surface area contributed by atoms with Crippen molar-refractivity contribution in [3.8, 4) is 11.1 Å². The number of aromatic carboxylic acids is 1. The van der Waals surface area contributed by atoms with Crippen molar-refractivity contribution in [2.75, 3.05) is 5.73 Å². The molecule has 0 aliphatic rings. The molecule has 5 N–H and O–H groups in total. The van der Waals surface area contributed by atoms with Gasteiger partial charge in [-0.3, -0.25) is 4.79 Å². The van der Waals surface area contributed by atoms with E-state index in [1.165, 1.54) is 12.1 Å². The monoisotopic (exact) mass is 340 g/mol. The van der Waals surface area contributed by atoms with Gasteiger partial charge in [0.1, 0.15) is 0 Å². The number of anilines is 1. The van der Waals surface area contributed by atoms with E-state index in [1.807, 2.05) is 24.3 Å². The molecule has 0 bridgehead atoms. The van der Waals surface area contributed by atoms with Crippen molar-refractivity contribution in [3.63, 3.8) is 0 Å².